The summed E-state index contributed by atoms with van der Waals surface area (Å²) in [6.07, 6.45) is 0.771. The van der Waals surface area contributed by atoms with Gasteiger partial charge in [-0.3, -0.25) is 0 Å². The third kappa shape index (κ3) is 1.95. The second-order valence-electron chi connectivity index (χ2n) is 3.44. The minimum Gasteiger partial charge on any atom is -0.385 e. The van der Waals surface area contributed by atoms with Crippen molar-refractivity contribution >= 4 is 6.29 Å². The molecule has 0 radical (unpaired) electrons. The van der Waals surface area contributed by atoms with E-state index in [1.807, 2.05) is 30.3 Å². The van der Waals surface area contributed by atoms with Crippen LogP contribution in [0.3, 0.4) is 0 Å². The van der Waals surface area contributed by atoms with Crippen LogP contribution in [0.2, 0.25) is 0 Å². The summed E-state index contributed by atoms with van der Waals surface area (Å²) < 4.78 is 0. The van der Waals surface area contributed by atoms with Gasteiger partial charge < -0.3 is 9.90 Å². The second kappa shape index (κ2) is 3.71. The van der Waals surface area contributed by atoms with Gasteiger partial charge in [0.25, 0.3) is 0 Å². The molecule has 2 atom stereocenters. The lowest BCUT2D eigenvalue weighted by atomic mass is 9.85. The van der Waals surface area contributed by atoms with Crippen LogP contribution in [0.15, 0.2) is 30.3 Å². The Kier molecular flexibility index (Phi) is 2.83. The van der Waals surface area contributed by atoms with E-state index in [2.05, 4.69) is 0 Å². The maximum atomic E-state index is 10.6. The van der Waals surface area contributed by atoms with Crippen molar-refractivity contribution in [2.75, 3.05) is 0 Å². The van der Waals surface area contributed by atoms with E-state index in [0.717, 1.165) is 11.8 Å². The topological polar surface area (TPSA) is 37.3 Å². The van der Waals surface area contributed by atoms with Gasteiger partial charge in [-0.15, -0.1) is 0 Å². The number of hydrogen-bond acceptors (Lipinski definition) is 2. The van der Waals surface area contributed by atoms with Crippen LogP contribution in [0.25, 0.3) is 0 Å². The molecule has 0 aliphatic rings. The Morgan fingerprint density at radius 2 is 1.92 bits per heavy atom. The van der Waals surface area contributed by atoms with E-state index in [1.165, 1.54) is 0 Å². The first-order valence-corrected chi connectivity index (χ1v) is 4.32. The maximum Gasteiger partial charge on any atom is 0.126 e. The number of benzene rings is 1. The highest BCUT2D eigenvalue weighted by Gasteiger charge is 2.29. The number of carbonyl (C=O) groups excluding carboxylic acids is 1. The van der Waals surface area contributed by atoms with Crippen molar-refractivity contribution in [2.45, 2.75) is 19.4 Å². The summed E-state index contributed by atoms with van der Waals surface area (Å²) in [7, 11) is 0. The zero-order valence-corrected chi connectivity index (χ0v) is 7.90. The van der Waals surface area contributed by atoms with Crippen LogP contribution in [-0.2, 0) is 10.4 Å². The Morgan fingerprint density at radius 1 is 1.38 bits per heavy atom. The van der Waals surface area contributed by atoms with Gasteiger partial charge in [0.05, 0.1) is 5.60 Å². The number of carbonyl (C=O) groups is 1. The Balaban J connectivity index is 3.00. The zero-order chi connectivity index (χ0) is 9.90. The van der Waals surface area contributed by atoms with E-state index < -0.39 is 11.5 Å². The molecule has 0 saturated heterocycles. The molecule has 0 amide bonds. The molecular weight excluding hydrogens is 164 g/mol. The summed E-state index contributed by atoms with van der Waals surface area (Å²) in [5.74, 6) is -0.394. The van der Waals surface area contributed by atoms with E-state index >= 15 is 0 Å². The highest BCUT2D eigenvalue weighted by Crippen LogP contribution is 2.27. The third-order valence-electron chi connectivity index (χ3n) is 2.45. The van der Waals surface area contributed by atoms with Crippen LogP contribution < -0.4 is 0 Å². The van der Waals surface area contributed by atoms with Crippen molar-refractivity contribution < 1.29 is 9.90 Å². The van der Waals surface area contributed by atoms with Gasteiger partial charge in [-0.1, -0.05) is 37.3 Å². The molecule has 70 valence electrons. The van der Waals surface area contributed by atoms with Crippen LogP contribution in [0.4, 0.5) is 0 Å². The van der Waals surface area contributed by atoms with Gasteiger partial charge in [0.2, 0.25) is 0 Å². The van der Waals surface area contributed by atoms with E-state index in [1.54, 1.807) is 13.8 Å². The number of hydrogen-bond donors (Lipinski definition) is 1. The van der Waals surface area contributed by atoms with Crippen molar-refractivity contribution in [1.29, 1.82) is 0 Å². The average molecular weight is 178 g/mol. The molecule has 0 bridgehead atoms. The van der Waals surface area contributed by atoms with Gasteiger partial charge in [0.1, 0.15) is 6.29 Å². The molecule has 0 spiro atoms. The predicted molar refractivity (Wildman–Crippen MR) is 51.2 cm³/mol. The standard InChI is InChI=1S/C11H14O2/c1-9(8-12)11(2,13)10-6-4-3-5-7-10/h3-9,13H,1-2H3. The van der Waals surface area contributed by atoms with Gasteiger partial charge in [-0.05, 0) is 12.5 Å². The maximum absolute atomic E-state index is 10.6. The van der Waals surface area contributed by atoms with E-state index in [4.69, 9.17) is 0 Å². The normalized spacial score (nSPS) is 17.5. The molecule has 0 aliphatic carbocycles. The van der Waals surface area contributed by atoms with Crippen molar-refractivity contribution in [3.05, 3.63) is 35.9 Å². The van der Waals surface area contributed by atoms with E-state index in [-0.39, 0.29) is 0 Å². The number of rotatable bonds is 3. The van der Waals surface area contributed by atoms with Gasteiger partial charge >= 0.3 is 0 Å². The molecular formula is C11H14O2. The van der Waals surface area contributed by atoms with Crippen molar-refractivity contribution in [3.63, 3.8) is 0 Å². The summed E-state index contributed by atoms with van der Waals surface area (Å²) in [5.41, 5.74) is -0.294. The molecule has 2 heteroatoms. The van der Waals surface area contributed by atoms with E-state index in [9.17, 15) is 9.90 Å². The average Bonchev–Trinajstić information content (AvgIpc) is 2.18. The first kappa shape index (κ1) is 9.93. The molecule has 2 nitrogen and oxygen atoms in total. The third-order valence-corrected chi connectivity index (χ3v) is 2.45. The van der Waals surface area contributed by atoms with E-state index in [0.29, 0.717) is 0 Å². The molecule has 2 unspecified atom stereocenters. The summed E-state index contributed by atoms with van der Waals surface area (Å²) >= 11 is 0. The van der Waals surface area contributed by atoms with Crippen LogP contribution in [0.1, 0.15) is 19.4 Å². The fourth-order valence-electron chi connectivity index (χ4n) is 1.17. The largest absolute Gasteiger partial charge is 0.385 e. The Labute approximate surface area is 78.2 Å². The molecule has 0 aromatic heterocycles. The summed E-state index contributed by atoms with van der Waals surface area (Å²) in [4.78, 5) is 10.6. The highest BCUT2D eigenvalue weighted by molar-refractivity contribution is 5.56. The lowest BCUT2D eigenvalue weighted by molar-refractivity contribution is -0.118. The predicted octanol–water partition coefficient (Wildman–Crippen LogP) is 1.73. The zero-order valence-electron chi connectivity index (χ0n) is 7.90. The second-order valence-corrected chi connectivity index (χ2v) is 3.44. The van der Waals surface area contributed by atoms with Gasteiger partial charge in [-0.25, -0.2) is 0 Å². The van der Waals surface area contributed by atoms with Gasteiger partial charge in [0.15, 0.2) is 0 Å². The molecule has 0 saturated carbocycles. The number of aldehydes is 1. The van der Waals surface area contributed by atoms with Crippen LogP contribution in [0, 0.1) is 5.92 Å². The molecule has 13 heavy (non-hydrogen) atoms. The van der Waals surface area contributed by atoms with Crippen LogP contribution in [-0.4, -0.2) is 11.4 Å². The Bertz CT molecular complexity index is 277. The van der Waals surface area contributed by atoms with Gasteiger partial charge in [-0.2, -0.15) is 0 Å². The van der Waals surface area contributed by atoms with Gasteiger partial charge in [0, 0.05) is 5.92 Å². The molecule has 1 N–H and O–H groups in total. The van der Waals surface area contributed by atoms with Crippen molar-refractivity contribution in [3.8, 4) is 0 Å². The minimum atomic E-state index is -1.07. The fraction of sp³-hybridized carbons (Fsp3) is 0.364. The Morgan fingerprint density at radius 3 is 2.38 bits per heavy atom. The fourth-order valence-corrected chi connectivity index (χ4v) is 1.17. The minimum absolute atomic E-state index is 0.394. The Hall–Kier alpha value is -1.15. The lowest BCUT2D eigenvalue weighted by Gasteiger charge is -2.26. The molecule has 0 heterocycles. The van der Waals surface area contributed by atoms with Crippen molar-refractivity contribution in [2.24, 2.45) is 5.92 Å². The summed E-state index contributed by atoms with van der Waals surface area (Å²) in [6.45, 7) is 3.36. The quantitative estimate of drug-likeness (QED) is 0.716. The first-order valence-electron chi connectivity index (χ1n) is 4.32. The molecule has 0 fully saturated rings. The molecule has 1 aromatic rings. The summed E-state index contributed by atoms with van der Waals surface area (Å²) in [6, 6.07) is 9.22. The summed E-state index contributed by atoms with van der Waals surface area (Å²) in [5, 5.41) is 10.0. The van der Waals surface area contributed by atoms with Crippen LogP contribution in [0.5, 0.6) is 0 Å². The molecule has 1 rings (SSSR count). The highest BCUT2D eigenvalue weighted by atomic mass is 16.3. The lowest BCUT2D eigenvalue weighted by Crippen LogP contribution is -2.30. The smallest absolute Gasteiger partial charge is 0.126 e. The molecule has 0 aliphatic heterocycles. The monoisotopic (exact) mass is 178 g/mol. The SMILES string of the molecule is CC(C=O)C(C)(O)c1ccccc1. The van der Waals surface area contributed by atoms with Crippen molar-refractivity contribution in [1.82, 2.24) is 0 Å². The van der Waals surface area contributed by atoms with Crippen LogP contribution >= 0.6 is 0 Å². The molecule has 1 aromatic carbocycles. The number of aliphatic hydroxyl groups is 1. The first-order chi connectivity index (χ1) is 6.09.